The average molecular weight is 509 g/mol. The number of fused-ring (bicyclic) bond motifs is 6. The molecule has 12 nitrogen and oxygen atoms in total. The number of hydrogen-bond acceptors (Lipinski definition) is 9. The molecule has 2 aliphatic heterocycles. The molecule has 1 spiro atoms. The van der Waals surface area contributed by atoms with Crippen molar-refractivity contribution < 1.29 is 52.0 Å². The van der Waals surface area contributed by atoms with Crippen LogP contribution >= 0.6 is 15.6 Å². The lowest BCUT2D eigenvalue weighted by molar-refractivity contribution is 0.0224. The van der Waals surface area contributed by atoms with Crippen LogP contribution in [-0.4, -0.2) is 25.8 Å². The number of phosphoric acid groups is 2. The van der Waals surface area contributed by atoms with Crippen LogP contribution in [-0.2, 0) is 23.8 Å². The molecule has 0 amide bonds. The molecule has 0 radical (unpaired) electrons. The molecule has 2 aliphatic rings. The lowest BCUT2D eigenvalue weighted by atomic mass is 9.77. The van der Waals surface area contributed by atoms with Gasteiger partial charge in [0, 0.05) is 28.8 Å². The van der Waals surface area contributed by atoms with Gasteiger partial charge in [0.25, 0.3) is 0 Å². The maximum absolute atomic E-state index is 12.7. The lowest BCUT2D eigenvalue weighted by Gasteiger charge is -2.36. The standard InChI is InChI=1S/C20H14O11P2.H3N/c21-11-5-7-15-17(9-11)28-18-10-12(30-33(26,27)31-32(23,24)25)6-8-16(18)20(15)14-4-2-1-3-13(14)19(22)29-20;/h1-10,21H,(H,26,27)(H2,23,24,25);1H3. The van der Waals surface area contributed by atoms with E-state index in [4.69, 9.17) is 23.8 Å². The van der Waals surface area contributed by atoms with E-state index >= 15 is 0 Å². The second-order valence-electron chi connectivity index (χ2n) is 7.19. The summed E-state index contributed by atoms with van der Waals surface area (Å²) in [5, 5.41) is 9.96. The maximum Gasteiger partial charge on any atom is 0.536 e. The molecule has 3 aromatic carbocycles. The van der Waals surface area contributed by atoms with E-state index in [2.05, 4.69) is 4.31 Å². The summed E-state index contributed by atoms with van der Waals surface area (Å²) in [7, 11) is -10.5. The first-order valence-corrected chi connectivity index (χ1v) is 12.3. The third-order valence-electron chi connectivity index (χ3n) is 5.10. The summed E-state index contributed by atoms with van der Waals surface area (Å²) < 4.78 is 43.2. The molecule has 0 bridgehead atoms. The molecule has 178 valence electrons. The predicted octanol–water partition coefficient (Wildman–Crippen LogP) is 3.71. The van der Waals surface area contributed by atoms with Crippen LogP contribution in [0.5, 0.6) is 23.0 Å². The van der Waals surface area contributed by atoms with Gasteiger partial charge in [-0.3, -0.25) is 4.89 Å². The molecular formula is C20H17NO11P2. The maximum atomic E-state index is 12.7. The fourth-order valence-electron chi connectivity index (χ4n) is 3.99. The zero-order valence-corrected chi connectivity index (χ0v) is 18.8. The number of phosphoric ester groups is 1. The molecule has 2 heterocycles. The number of hydrogen-bond donors (Lipinski definition) is 5. The van der Waals surface area contributed by atoms with E-state index in [1.807, 2.05) is 0 Å². The minimum Gasteiger partial charge on any atom is -0.508 e. The Kier molecular flexibility index (Phi) is 5.58. The number of carbonyl (C=O) groups is 1. The summed E-state index contributed by atoms with van der Waals surface area (Å²) in [4.78, 5) is 40.0. The molecule has 7 N–H and O–H groups in total. The van der Waals surface area contributed by atoms with Crippen molar-refractivity contribution >= 4 is 21.6 Å². The van der Waals surface area contributed by atoms with Gasteiger partial charge in [0.15, 0.2) is 5.60 Å². The number of phenolic OH excluding ortho intramolecular Hbond substituents is 1. The molecule has 2 atom stereocenters. The second kappa shape index (κ2) is 7.93. The van der Waals surface area contributed by atoms with Crippen LogP contribution in [0.4, 0.5) is 0 Å². The quantitative estimate of drug-likeness (QED) is 0.252. The van der Waals surface area contributed by atoms with E-state index < -0.39 is 27.2 Å². The zero-order valence-electron chi connectivity index (χ0n) is 17.0. The highest BCUT2D eigenvalue weighted by Gasteiger charge is 2.53. The molecular weight excluding hydrogens is 492 g/mol. The molecule has 2 unspecified atom stereocenters. The Labute approximate surface area is 191 Å². The van der Waals surface area contributed by atoms with Crippen molar-refractivity contribution in [3.63, 3.8) is 0 Å². The normalized spacial score (nSPS) is 19.6. The molecule has 14 heteroatoms. The van der Waals surface area contributed by atoms with Gasteiger partial charge < -0.3 is 35.0 Å². The van der Waals surface area contributed by atoms with Gasteiger partial charge in [-0.05, 0) is 30.3 Å². The minimum absolute atomic E-state index is 0. The number of aromatic hydroxyl groups is 1. The van der Waals surface area contributed by atoms with Crippen LogP contribution in [0.25, 0.3) is 0 Å². The van der Waals surface area contributed by atoms with Crippen LogP contribution < -0.4 is 15.4 Å². The van der Waals surface area contributed by atoms with Gasteiger partial charge in [0.05, 0.1) is 5.56 Å². The van der Waals surface area contributed by atoms with Gasteiger partial charge >= 0.3 is 21.6 Å². The monoisotopic (exact) mass is 509 g/mol. The fourth-order valence-corrected chi connectivity index (χ4v) is 5.57. The molecule has 0 fully saturated rings. The Morgan fingerprint density at radius 3 is 2.21 bits per heavy atom. The topological polar surface area (TPSA) is 204 Å². The Hall–Kier alpha value is -3.21. The van der Waals surface area contributed by atoms with E-state index in [0.29, 0.717) is 22.3 Å². The number of rotatable bonds is 4. The highest BCUT2D eigenvalue weighted by Crippen LogP contribution is 2.60. The first-order valence-electron chi connectivity index (χ1n) is 9.26. The summed E-state index contributed by atoms with van der Waals surface area (Å²) in [5.74, 6) is -0.807. The van der Waals surface area contributed by atoms with Crippen LogP contribution in [0.1, 0.15) is 27.0 Å². The fraction of sp³-hybridized carbons (Fsp3) is 0.0500. The van der Waals surface area contributed by atoms with Crippen molar-refractivity contribution in [2.75, 3.05) is 0 Å². The number of carbonyl (C=O) groups excluding carboxylic acids is 1. The number of benzene rings is 3. The van der Waals surface area contributed by atoms with E-state index in [1.165, 1.54) is 30.3 Å². The minimum atomic E-state index is -5.32. The SMILES string of the molecule is N.O=C1OC2(c3ccc(O)cc3Oc3cc(OP(=O)(O)OP(=O)(O)O)ccc32)c2ccccc21. The van der Waals surface area contributed by atoms with Crippen molar-refractivity contribution in [3.8, 4) is 23.0 Å². The Balaban J connectivity index is 0.00000274. The highest BCUT2D eigenvalue weighted by molar-refractivity contribution is 7.60. The van der Waals surface area contributed by atoms with Crippen LogP contribution in [0.3, 0.4) is 0 Å². The van der Waals surface area contributed by atoms with Gasteiger partial charge in [-0.2, -0.15) is 4.31 Å². The summed E-state index contributed by atoms with van der Waals surface area (Å²) in [5.41, 5.74) is 0.221. The molecule has 0 aromatic heterocycles. The average Bonchev–Trinajstić information content (AvgIpc) is 2.99. The molecule has 0 aliphatic carbocycles. The number of ether oxygens (including phenoxy) is 2. The van der Waals surface area contributed by atoms with Crippen molar-refractivity contribution in [3.05, 3.63) is 82.9 Å². The van der Waals surface area contributed by atoms with Crippen molar-refractivity contribution in [2.45, 2.75) is 5.60 Å². The molecule has 3 aromatic rings. The first-order chi connectivity index (χ1) is 15.5. The third-order valence-corrected chi connectivity index (χ3v) is 7.22. The smallest absolute Gasteiger partial charge is 0.508 e. The van der Waals surface area contributed by atoms with E-state index in [-0.39, 0.29) is 29.1 Å². The molecule has 34 heavy (non-hydrogen) atoms. The Morgan fingerprint density at radius 2 is 1.50 bits per heavy atom. The largest absolute Gasteiger partial charge is 0.536 e. The summed E-state index contributed by atoms with van der Waals surface area (Å²) in [6, 6.07) is 14.9. The van der Waals surface area contributed by atoms with Gasteiger partial charge in [-0.25, -0.2) is 13.9 Å². The van der Waals surface area contributed by atoms with Crippen molar-refractivity contribution in [1.29, 1.82) is 0 Å². The van der Waals surface area contributed by atoms with Crippen molar-refractivity contribution in [2.24, 2.45) is 0 Å². The molecule has 0 saturated heterocycles. The van der Waals surface area contributed by atoms with Crippen LogP contribution in [0, 0.1) is 0 Å². The summed E-state index contributed by atoms with van der Waals surface area (Å²) in [6.45, 7) is 0. The van der Waals surface area contributed by atoms with E-state index in [1.54, 1.807) is 30.3 Å². The highest BCUT2D eigenvalue weighted by atomic mass is 31.3. The van der Waals surface area contributed by atoms with E-state index in [9.17, 15) is 23.9 Å². The number of phenols is 1. The molecule has 5 rings (SSSR count). The Morgan fingerprint density at radius 1 is 0.853 bits per heavy atom. The van der Waals surface area contributed by atoms with Crippen LogP contribution in [0.15, 0.2) is 60.7 Å². The van der Waals surface area contributed by atoms with Gasteiger partial charge in [0.2, 0.25) is 0 Å². The Bertz CT molecular complexity index is 1420. The van der Waals surface area contributed by atoms with Gasteiger partial charge in [-0.1, -0.05) is 18.2 Å². The van der Waals surface area contributed by atoms with Gasteiger partial charge in [-0.15, -0.1) is 0 Å². The third kappa shape index (κ3) is 3.87. The van der Waals surface area contributed by atoms with Gasteiger partial charge in [0.1, 0.15) is 23.0 Å². The van der Waals surface area contributed by atoms with Crippen LogP contribution in [0.2, 0.25) is 0 Å². The number of esters is 1. The second-order valence-corrected chi connectivity index (χ2v) is 9.94. The summed E-state index contributed by atoms with van der Waals surface area (Å²) >= 11 is 0. The first kappa shape index (κ1) is 23.9. The zero-order chi connectivity index (χ0) is 23.6. The predicted molar refractivity (Wildman–Crippen MR) is 115 cm³/mol. The van der Waals surface area contributed by atoms with Crippen molar-refractivity contribution in [1.82, 2.24) is 6.15 Å². The summed E-state index contributed by atoms with van der Waals surface area (Å²) in [6.07, 6.45) is 0. The van der Waals surface area contributed by atoms with E-state index in [0.717, 1.165) is 0 Å². The lowest BCUT2D eigenvalue weighted by Crippen LogP contribution is -2.32. The molecule has 0 saturated carbocycles.